The van der Waals surface area contributed by atoms with E-state index in [1.165, 1.54) is 32.1 Å². The molecule has 5 heteroatoms. The van der Waals surface area contributed by atoms with Gasteiger partial charge in [-0.25, -0.2) is 9.59 Å². The number of ether oxygens (including phenoxy) is 2. The van der Waals surface area contributed by atoms with Gasteiger partial charge in [-0.2, -0.15) is 0 Å². The molecule has 200 valence electrons. The lowest BCUT2D eigenvalue weighted by Crippen LogP contribution is -2.08. The van der Waals surface area contributed by atoms with Gasteiger partial charge in [0, 0.05) is 0 Å². The van der Waals surface area contributed by atoms with Gasteiger partial charge in [0.2, 0.25) is 0 Å². The number of hydrogen-bond acceptors (Lipinski definition) is 4. The van der Waals surface area contributed by atoms with Crippen molar-refractivity contribution in [2.45, 2.75) is 45.4 Å². The molecule has 0 radical (unpaired) electrons. The largest absolute Gasteiger partial charge is 0.494 e. The molecule has 5 nitrogen and oxygen atoms in total. The number of carbonyl (C=O) groups is 2. The Hall–Kier alpha value is -4.38. The van der Waals surface area contributed by atoms with E-state index in [1.807, 2.05) is 48.5 Å². The van der Waals surface area contributed by atoms with E-state index in [1.54, 1.807) is 48.5 Å². The van der Waals surface area contributed by atoms with Crippen molar-refractivity contribution in [2.75, 3.05) is 6.61 Å². The minimum absolute atomic E-state index is 0.236. The maximum Gasteiger partial charge on any atom is 0.343 e. The van der Waals surface area contributed by atoms with Crippen molar-refractivity contribution in [3.63, 3.8) is 0 Å². The average Bonchev–Trinajstić information content (AvgIpc) is 2.97. The summed E-state index contributed by atoms with van der Waals surface area (Å²) in [5.41, 5.74) is 4.54. The highest BCUT2D eigenvalue weighted by atomic mass is 16.5. The normalized spacial score (nSPS) is 10.7. The lowest BCUT2D eigenvalue weighted by molar-refractivity contribution is 0.0694. The van der Waals surface area contributed by atoms with E-state index >= 15 is 0 Å². The minimum Gasteiger partial charge on any atom is -0.494 e. The smallest absolute Gasteiger partial charge is 0.343 e. The highest BCUT2D eigenvalue weighted by Gasteiger charge is 2.10. The highest BCUT2D eigenvalue weighted by Crippen LogP contribution is 2.25. The molecule has 0 unspecified atom stereocenters. The number of unbranched alkanes of at least 4 members (excludes halogenated alkanes) is 5. The quantitative estimate of drug-likeness (QED) is 0.108. The summed E-state index contributed by atoms with van der Waals surface area (Å²) in [6.45, 7) is 2.97. The first kappa shape index (κ1) is 27.6. The molecule has 0 spiro atoms. The van der Waals surface area contributed by atoms with Gasteiger partial charge < -0.3 is 14.6 Å². The van der Waals surface area contributed by atoms with E-state index in [0.29, 0.717) is 11.3 Å². The molecule has 0 amide bonds. The van der Waals surface area contributed by atoms with Crippen molar-refractivity contribution < 1.29 is 24.2 Å². The van der Waals surface area contributed by atoms with Gasteiger partial charge in [0.05, 0.1) is 17.7 Å². The zero-order valence-corrected chi connectivity index (χ0v) is 22.3. The molecule has 0 saturated carbocycles. The summed E-state index contributed by atoms with van der Waals surface area (Å²) < 4.78 is 11.4. The second kappa shape index (κ2) is 14.0. The maximum absolute atomic E-state index is 12.7. The summed E-state index contributed by atoms with van der Waals surface area (Å²) >= 11 is 0. The first-order chi connectivity index (χ1) is 19.0. The van der Waals surface area contributed by atoms with Gasteiger partial charge in [0.25, 0.3) is 0 Å². The first-order valence-corrected chi connectivity index (χ1v) is 13.5. The van der Waals surface area contributed by atoms with E-state index in [2.05, 4.69) is 6.92 Å². The van der Waals surface area contributed by atoms with Gasteiger partial charge in [-0.15, -0.1) is 0 Å². The van der Waals surface area contributed by atoms with Crippen LogP contribution in [0.2, 0.25) is 0 Å². The van der Waals surface area contributed by atoms with Crippen LogP contribution in [0.4, 0.5) is 0 Å². The van der Waals surface area contributed by atoms with Crippen LogP contribution in [0.3, 0.4) is 0 Å². The molecular weight excluding hydrogens is 488 g/mol. The van der Waals surface area contributed by atoms with Crippen LogP contribution < -0.4 is 9.47 Å². The first-order valence-electron chi connectivity index (χ1n) is 13.5. The van der Waals surface area contributed by atoms with Crippen LogP contribution in [0.25, 0.3) is 22.3 Å². The predicted octanol–water partition coefficient (Wildman–Crippen LogP) is 8.68. The fourth-order valence-electron chi connectivity index (χ4n) is 4.30. The Bertz CT molecular complexity index is 1340. The summed E-state index contributed by atoms with van der Waals surface area (Å²) in [4.78, 5) is 23.7. The third-order valence-electron chi connectivity index (χ3n) is 6.60. The van der Waals surface area contributed by atoms with Crippen LogP contribution in [0.5, 0.6) is 11.5 Å². The molecule has 0 atom stereocenters. The van der Waals surface area contributed by atoms with Gasteiger partial charge in [-0.1, -0.05) is 87.6 Å². The number of carbonyl (C=O) groups excluding carboxylic acids is 1. The van der Waals surface area contributed by atoms with Gasteiger partial charge in [-0.05, 0) is 77.2 Å². The maximum atomic E-state index is 12.7. The van der Waals surface area contributed by atoms with Gasteiger partial charge >= 0.3 is 11.9 Å². The molecule has 0 aliphatic rings. The monoisotopic (exact) mass is 522 g/mol. The summed E-state index contributed by atoms with van der Waals surface area (Å²) in [6.07, 6.45) is 7.45. The van der Waals surface area contributed by atoms with Gasteiger partial charge in [-0.3, -0.25) is 0 Å². The van der Waals surface area contributed by atoms with E-state index < -0.39 is 11.9 Å². The van der Waals surface area contributed by atoms with Crippen LogP contribution in [-0.4, -0.2) is 23.7 Å². The number of esters is 1. The molecule has 4 aromatic carbocycles. The molecule has 0 bridgehead atoms. The van der Waals surface area contributed by atoms with E-state index in [9.17, 15) is 9.59 Å². The van der Waals surface area contributed by atoms with Crippen molar-refractivity contribution in [3.8, 4) is 33.8 Å². The van der Waals surface area contributed by atoms with Crippen molar-refractivity contribution in [1.82, 2.24) is 0 Å². The molecule has 0 aliphatic carbocycles. The standard InChI is InChI=1S/C34H34O5/c1-2-3-4-5-6-7-24-38-31-20-16-27(17-21-31)26-10-14-30(15-11-26)34(37)39-32-22-18-28(19-23-32)25-8-12-29(13-9-25)33(35)36/h8-23H,2-7,24H2,1H3,(H,35,36). The zero-order valence-electron chi connectivity index (χ0n) is 22.3. The Morgan fingerprint density at radius 3 is 1.51 bits per heavy atom. The van der Waals surface area contributed by atoms with E-state index in [4.69, 9.17) is 14.6 Å². The zero-order chi connectivity index (χ0) is 27.5. The van der Waals surface area contributed by atoms with Gasteiger partial charge in [0.15, 0.2) is 0 Å². The number of aromatic carboxylic acids is 1. The molecule has 4 rings (SSSR count). The molecule has 0 aromatic heterocycles. The number of hydrogen-bond donors (Lipinski definition) is 1. The third-order valence-corrected chi connectivity index (χ3v) is 6.60. The van der Waals surface area contributed by atoms with Crippen molar-refractivity contribution in [2.24, 2.45) is 0 Å². The fraction of sp³-hybridized carbons (Fsp3) is 0.235. The average molecular weight is 523 g/mol. The summed E-state index contributed by atoms with van der Waals surface area (Å²) in [7, 11) is 0. The Morgan fingerprint density at radius 2 is 1.00 bits per heavy atom. The Balaban J connectivity index is 1.28. The van der Waals surface area contributed by atoms with Crippen molar-refractivity contribution >= 4 is 11.9 Å². The SMILES string of the molecule is CCCCCCCCOc1ccc(-c2ccc(C(=O)Oc3ccc(-c4ccc(C(=O)O)cc4)cc3)cc2)cc1. The lowest BCUT2D eigenvalue weighted by atomic mass is 10.0. The molecule has 4 aromatic rings. The summed E-state index contributed by atoms with van der Waals surface area (Å²) in [5.74, 6) is -0.0840. The minimum atomic E-state index is -0.960. The molecule has 0 saturated heterocycles. The number of benzene rings is 4. The Labute approximate surface area is 230 Å². The summed E-state index contributed by atoms with van der Waals surface area (Å²) in [5, 5.41) is 9.05. The Morgan fingerprint density at radius 1 is 0.564 bits per heavy atom. The topological polar surface area (TPSA) is 72.8 Å². The van der Waals surface area contributed by atoms with E-state index in [-0.39, 0.29) is 5.56 Å². The molecular formula is C34H34O5. The Kier molecular flexibility index (Phi) is 9.90. The van der Waals surface area contributed by atoms with Crippen molar-refractivity contribution in [3.05, 3.63) is 108 Å². The number of rotatable bonds is 13. The van der Waals surface area contributed by atoms with Crippen LogP contribution in [0.15, 0.2) is 97.1 Å². The van der Waals surface area contributed by atoms with Crippen LogP contribution in [0, 0.1) is 0 Å². The molecule has 1 N–H and O–H groups in total. The van der Waals surface area contributed by atoms with Crippen LogP contribution >= 0.6 is 0 Å². The summed E-state index contributed by atoms with van der Waals surface area (Å²) in [6, 6.07) is 29.1. The van der Waals surface area contributed by atoms with Gasteiger partial charge in [0.1, 0.15) is 11.5 Å². The number of carboxylic acid groups (broad SMARTS) is 1. The molecule has 0 aliphatic heterocycles. The van der Waals surface area contributed by atoms with Crippen LogP contribution in [0.1, 0.15) is 66.2 Å². The lowest BCUT2D eigenvalue weighted by Gasteiger charge is -2.09. The molecule has 0 heterocycles. The van der Waals surface area contributed by atoms with E-state index in [0.717, 1.165) is 41.0 Å². The number of carboxylic acids is 1. The highest BCUT2D eigenvalue weighted by molar-refractivity contribution is 5.92. The third kappa shape index (κ3) is 8.05. The fourth-order valence-corrected chi connectivity index (χ4v) is 4.30. The second-order valence-corrected chi connectivity index (χ2v) is 9.51. The second-order valence-electron chi connectivity index (χ2n) is 9.51. The predicted molar refractivity (Wildman–Crippen MR) is 155 cm³/mol. The van der Waals surface area contributed by atoms with Crippen LogP contribution in [-0.2, 0) is 0 Å². The molecule has 0 fully saturated rings. The van der Waals surface area contributed by atoms with Crippen molar-refractivity contribution in [1.29, 1.82) is 0 Å². The molecule has 39 heavy (non-hydrogen) atoms.